The molecular formula is C75H85N17O9. The van der Waals surface area contributed by atoms with Crippen LogP contribution in [0.2, 0.25) is 0 Å². The molecule has 3 aliphatic rings. The van der Waals surface area contributed by atoms with Gasteiger partial charge in [0.25, 0.3) is 0 Å². The van der Waals surface area contributed by atoms with Crippen molar-refractivity contribution in [3.05, 3.63) is 171 Å². The predicted octanol–water partition coefficient (Wildman–Crippen LogP) is 13.0. The number of ether oxygens (including phenoxy) is 2. The number of aromatic nitrogens is 10. The maximum Gasteiger partial charge on any atom is 0.373 e. The molecule has 0 bridgehead atoms. The Labute approximate surface area is 587 Å². The fraction of sp³-hybridized carbons (Fsp3) is 0.413. The summed E-state index contributed by atoms with van der Waals surface area (Å²) >= 11 is 0. The van der Waals surface area contributed by atoms with E-state index in [4.69, 9.17) is 67.4 Å². The van der Waals surface area contributed by atoms with Crippen LogP contribution in [-0.4, -0.2) is 92.6 Å². The molecule has 8 aromatic rings. The number of carboxylic acid groups (broad SMARTS) is 1. The quantitative estimate of drug-likeness (QED) is 0.0285. The third-order valence-corrected chi connectivity index (χ3v) is 18.7. The van der Waals surface area contributed by atoms with Crippen molar-refractivity contribution >= 4 is 30.2 Å². The van der Waals surface area contributed by atoms with Crippen molar-refractivity contribution in [2.45, 2.75) is 149 Å². The van der Waals surface area contributed by atoms with Crippen LogP contribution in [0.15, 0.2) is 114 Å². The zero-order valence-corrected chi connectivity index (χ0v) is 57.9. The van der Waals surface area contributed by atoms with Crippen molar-refractivity contribution in [2.24, 2.45) is 40.6 Å². The molecular weight excluding hydrogens is 1280 g/mol. The first-order chi connectivity index (χ1) is 48.8. The maximum absolute atomic E-state index is 11.3. The number of anilines is 2. The number of nitrogens with two attached hydrogens (primary N) is 2. The number of hydrogen-bond acceptors (Lipinski definition) is 22. The summed E-state index contributed by atoms with van der Waals surface area (Å²) in [5.74, 6) is 7.45. The normalized spacial score (nSPS) is 18.0. The molecule has 524 valence electrons. The molecule has 26 heteroatoms. The highest BCUT2D eigenvalue weighted by Gasteiger charge is 2.31. The number of nitrogen functional groups attached to an aromatic ring is 2. The number of hydrogen-bond donors (Lipinski definition) is 4. The van der Waals surface area contributed by atoms with Gasteiger partial charge < -0.3 is 31.2 Å². The molecule has 0 amide bonds. The van der Waals surface area contributed by atoms with Gasteiger partial charge in [0.1, 0.15) is 35.0 Å². The maximum atomic E-state index is 11.3. The molecule has 101 heavy (non-hydrogen) atoms. The predicted molar refractivity (Wildman–Crippen MR) is 374 cm³/mol. The molecule has 3 fully saturated rings. The van der Waals surface area contributed by atoms with E-state index < -0.39 is 5.97 Å². The molecule has 3 saturated carbocycles. The van der Waals surface area contributed by atoms with Gasteiger partial charge in [-0.2, -0.15) is 29.7 Å². The van der Waals surface area contributed by atoms with Gasteiger partial charge >= 0.3 is 18.3 Å². The third-order valence-electron chi connectivity index (χ3n) is 18.7. The van der Waals surface area contributed by atoms with E-state index >= 15 is 0 Å². The summed E-state index contributed by atoms with van der Waals surface area (Å²) in [7, 11) is 3.00. The zero-order chi connectivity index (χ0) is 73.4. The molecule has 3 atom stereocenters. The van der Waals surface area contributed by atoms with E-state index in [2.05, 4.69) is 115 Å². The number of aliphatic hydroxyl groups excluding tert-OH is 1. The molecule has 6 heterocycles. The van der Waals surface area contributed by atoms with Crippen LogP contribution in [0.25, 0.3) is 44.3 Å². The molecule has 2 aromatic carbocycles. The Morgan fingerprint density at radius 3 is 1.48 bits per heavy atom. The zero-order valence-electron chi connectivity index (χ0n) is 57.9. The molecule has 26 nitrogen and oxygen atoms in total. The molecule has 0 saturated heterocycles. The number of rotatable bonds is 17. The van der Waals surface area contributed by atoms with E-state index in [9.17, 15) is 15.2 Å². The Balaban J connectivity index is 0.000000222. The van der Waals surface area contributed by atoms with E-state index in [1.54, 1.807) is 59.4 Å². The Bertz CT molecular complexity index is 4260. The van der Waals surface area contributed by atoms with Gasteiger partial charge in [0.15, 0.2) is 0 Å². The summed E-state index contributed by atoms with van der Waals surface area (Å²) < 4.78 is 12.4. The second-order valence-electron chi connectivity index (χ2n) is 25.2. The molecule has 0 unspecified atom stereocenters. The van der Waals surface area contributed by atoms with Gasteiger partial charge in [-0.1, -0.05) is 107 Å². The largest absolute Gasteiger partial charge is 0.495 e. The van der Waals surface area contributed by atoms with E-state index in [1.165, 1.54) is 65.6 Å². The number of carbonyl (C=O) groups is 1. The summed E-state index contributed by atoms with van der Waals surface area (Å²) in [4.78, 5) is 77.4. The van der Waals surface area contributed by atoms with E-state index in [1.807, 2.05) is 42.5 Å². The average Bonchev–Trinajstić information content (AvgIpc) is 1.71. The number of terminal acetylenes is 1. The lowest BCUT2D eigenvalue weighted by atomic mass is 9.75. The minimum atomic E-state index is -0.688. The number of carbonyl (C=O) groups excluding carboxylic acids is 4. The number of nitrogens with zero attached hydrogens (tertiary/aromatic N) is 15. The van der Waals surface area contributed by atoms with E-state index in [0.29, 0.717) is 93.1 Å². The Morgan fingerprint density at radius 1 is 0.614 bits per heavy atom. The lowest BCUT2D eigenvalue weighted by molar-refractivity contribution is -0.193. The van der Waals surface area contributed by atoms with E-state index in [0.717, 1.165) is 83.5 Å². The lowest BCUT2D eigenvalue weighted by Gasteiger charge is -2.30. The van der Waals surface area contributed by atoms with Gasteiger partial charge in [-0.3, -0.25) is 19.7 Å². The summed E-state index contributed by atoms with van der Waals surface area (Å²) in [6.07, 6.45) is 21.5. The molecule has 3 aliphatic carbocycles. The van der Waals surface area contributed by atoms with Crippen molar-refractivity contribution in [1.82, 2.24) is 49.9 Å². The Morgan fingerprint density at radius 2 is 1.03 bits per heavy atom. The molecule has 6 N–H and O–H groups in total. The summed E-state index contributed by atoms with van der Waals surface area (Å²) in [6.45, 7) is 12.2. The highest BCUT2D eigenvalue weighted by atomic mass is 16.5. The smallest absolute Gasteiger partial charge is 0.373 e. The molecule has 11 rings (SSSR count). The molecule has 6 aromatic heterocycles. The van der Waals surface area contributed by atoms with Gasteiger partial charge in [0.2, 0.25) is 11.9 Å². The number of pyridine rings is 3. The van der Waals surface area contributed by atoms with Crippen LogP contribution < -0.4 is 20.9 Å². The Hall–Kier alpha value is -11.6. The first-order valence-corrected chi connectivity index (χ1v) is 33.3. The van der Waals surface area contributed by atoms with Gasteiger partial charge in [-0.05, 0) is 159 Å². The van der Waals surface area contributed by atoms with E-state index in [-0.39, 0.29) is 42.6 Å². The van der Waals surface area contributed by atoms with Crippen LogP contribution >= 0.6 is 0 Å². The third kappa shape index (κ3) is 23.0. The summed E-state index contributed by atoms with van der Waals surface area (Å²) in [5, 5.41) is 49.1. The molecule has 0 spiro atoms. The van der Waals surface area contributed by atoms with Crippen LogP contribution in [0, 0.1) is 70.5 Å². The van der Waals surface area contributed by atoms with Crippen molar-refractivity contribution in [1.29, 1.82) is 10.5 Å². The average molecular weight is 1370 g/mol. The number of azide groups is 1. The number of carboxylic acids is 1. The van der Waals surface area contributed by atoms with Gasteiger partial charge in [-0.15, -0.1) is 11.5 Å². The summed E-state index contributed by atoms with van der Waals surface area (Å²) in [6, 6.07) is 36.0. The minimum absolute atomic E-state index is 0.0439. The van der Waals surface area contributed by atoms with Gasteiger partial charge in [0, 0.05) is 56.6 Å². The highest BCUT2D eigenvalue weighted by molar-refractivity contribution is 5.75. The summed E-state index contributed by atoms with van der Waals surface area (Å²) in [5.41, 5.74) is 30.3. The van der Waals surface area contributed by atoms with Gasteiger partial charge in [0.05, 0.1) is 85.6 Å². The second kappa shape index (κ2) is 40.4. The number of para-hydroxylation sites is 2. The van der Waals surface area contributed by atoms with Crippen molar-refractivity contribution < 1.29 is 43.7 Å². The fourth-order valence-electron chi connectivity index (χ4n) is 13.0. The monoisotopic (exact) mass is 1370 g/mol. The van der Waals surface area contributed by atoms with Crippen LogP contribution in [-0.2, 0) is 43.7 Å². The molecule has 0 aliphatic heterocycles. The second-order valence-corrected chi connectivity index (χ2v) is 25.2. The lowest BCUT2D eigenvalue weighted by Crippen LogP contribution is -2.24. The number of benzene rings is 2. The number of methoxy groups -OCH3 is 2. The topological polar surface area (TPSA) is 414 Å². The number of aliphatic hydroxyl groups is 1. The van der Waals surface area contributed by atoms with Gasteiger partial charge in [-0.25, -0.2) is 24.6 Å². The number of aliphatic carboxylic acids is 1. The first-order valence-electron chi connectivity index (χ1n) is 33.3. The van der Waals surface area contributed by atoms with Crippen LogP contribution in [0.1, 0.15) is 180 Å². The SMILES string of the molecule is C#Cc1cc(-c2cccc(C#N)c2OC)nc(N)n1.CC1CCC([C@H](C)c2cccc(CN=[N+]=[N-])n2)CC1.CC1CCC([C@H](C)c2cccc(CO)n2)CC1.COc1c(C#N)cccc1-c1cc(-c2cn(Cc3cccc([C@@H](C)C4CCC(C(=O)O)CC4)n3)nn2)nc(N)n1.O=C=O.O=C=O. The van der Waals surface area contributed by atoms with Crippen molar-refractivity contribution in [3.63, 3.8) is 0 Å². The first kappa shape index (κ1) is 78.4. The highest BCUT2D eigenvalue weighted by Crippen LogP contribution is 2.41. The molecule has 0 radical (unpaired) electrons. The van der Waals surface area contributed by atoms with Crippen LogP contribution in [0.5, 0.6) is 11.5 Å². The Kier molecular flexibility index (Phi) is 31.3. The van der Waals surface area contributed by atoms with Crippen LogP contribution in [0.3, 0.4) is 0 Å². The minimum Gasteiger partial charge on any atom is -0.495 e. The number of nitriles is 2. The van der Waals surface area contributed by atoms with Crippen molar-refractivity contribution in [3.8, 4) is 69.9 Å². The standard InChI is InChI=1S/C29H30N8O3.C15H22N4.C15H23NO.C14H10N4O.2CO2/c1-17(18-9-11-19(12-10-18)28(38)39)23-8-4-6-21(32-23)15-37-16-26(35-36-37)25-13-24(33-29(31)34-25)22-7-3-5-20(14-30)27(22)40-2;1-11-6-8-13(9-7-11)12(2)15-5-3-4-14(18-15)10-17-19-16;1-11-6-8-13(9-7-11)12(2)15-5-3-4-14(10-17)16-15;1-3-10-7-12(18-14(16)17-10)11-6-4-5-9(8-15)13(11)19-2;2*2-1-3/h3-8,13,16-19H,9-12,15H2,1-2H3,(H,38,39)(H2,31,33,34);3-5,11-13H,6-10H2,1-2H3;3-5,11-13,17H,6-10H2,1-2H3;1,4-7H,2H3,(H2,16,17,18);;/t17-,18?,19?;2*11?,12-,13?;;;/m000.../s1. The van der Waals surface area contributed by atoms with Crippen molar-refractivity contribution in [2.75, 3.05) is 25.7 Å². The fourth-order valence-corrected chi connectivity index (χ4v) is 13.0. The van der Waals surface area contributed by atoms with Crippen LogP contribution in [0.4, 0.5) is 11.9 Å².